The van der Waals surface area contributed by atoms with Crippen molar-refractivity contribution in [2.24, 2.45) is 38.7 Å². The number of rotatable bonds is 23. The van der Waals surface area contributed by atoms with Crippen molar-refractivity contribution in [3.05, 3.63) is 35.9 Å². The van der Waals surface area contributed by atoms with Crippen molar-refractivity contribution in [3.63, 3.8) is 0 Å². The van der Waals surface area contributed by atoms with Gasteiger partial charge < -0.3 is 70.4 Å². The molecular weight excluding hydrogens is 758 g/mol. The predicted molar refractivity (Wildman–Crippen MR) is 213 cm³/mol. The van der Waals surface area contributed by atoms with Gasteiger partial charge in [-0.3, -0.25) is 38.8 Å². The smallest absolute Gasteiger partial charge is 0.326 e. The molecule has 1 aromatic rings. The summed E-state index contributed by atoms with van der Waals surface area (Å²) < 4.78 is 0. The normalized spacial score (nSPS) is 17.1. The number of nitrogens with one attached hydrogen (secondary N) is 5. The fourth-order valence-corrected chi connectivity index (χ4v) is 5.98. The molecule has 22 nitrogen and oxygen atoms in total. The number of aliphatic hydroxyl groups excluding tert-OH is 1. The number of aliphatic imine (C=N–C) groups is 2. The summed E-state index contributed by atoms with van der Waals surface area (Å²) in [6.07, 6.45) is 0.337. The number of hydrogen-bond acceptors (Lipinski definition) is 11. The molecule has 2 rings (SSSR count). The van der Waals surface area contributed by atoms with Crippen LogP contribution < -0.4 is 55.3 Å². The van der Waals surface area contributed by atoms with Crippen LogP contribution >= 0.6 is 0 Å². The number of carboxylic acid groups (broad SMARTS) is 1. The van der Waals surface area contributed by atoms with E-state index in [9.17, 15) is 43.8 Å². The number of likely N-dealkylation sites (tertiary alicyclic amines) is 1. The molecule has 6 amide bonds. The van der Waals surface area contributed by atoms with Gasteiger partial charge in [0.05, 0.1) is 12.1 Å². The highest BCUT2D eigenvalue weighted by molar-refractivity contribution is 5.97. The number of amides is 6. The van der Waals surface area contributed by atoms with Crippen molar-refractivity contribution in [1.29, 1.82) is 0 Å². The van der Waals surface area contributed by atoms with E-state index >= 15 is 0 Å². The Morgan fingerprint density at radius 1 is 0.759 bits per heavy atom. The third kappa shape index (κ3) is 16.2. The zero-order valence-corrected chi connectivity index (χ0v) is 33.1. The van der Waals surface area contributed by atoms with Gasteiger partial charge in [0, 0.05) is 26.1 Å². The number of nitrogens with two attached hydrogens (primary N) is 5. The molecule has 1 fully saturated rings. The quantitative estimate of drug-likeness (QED) is 0.0282. The van der Waals surface area contributed by atoms with Crippen molar-refractivity contribution in [1.82, 2.24) is 31.5 Å². The fraction of sp³-hybridized carbons (Fsp3) is 0.583. The van der Waals surface area contributed by atoms with Crippen LogP contribution in [0.1, 0.15) is 64.9 Å². The second kappa shape index (κ2) is 23.9. The number of guanidine groups is 2. The zero-order chi connectivity index (χ0) is 43.5. The molecule has 322 valence electrons. The average molecular weight is 818 g/mol. The molecule has 8 atom stereocenters. The monoisotopic (exact) mass is 817 g/mol. The summed E-state index contributed by atoms with van der Waals surface area (Å²) in [5.41, 5.74) is 28.2. The number of benzene rings is 1. The van der Waals surface area contributed by atoms with Crippen molar-refractivity contribution >= 4 is 53.3 Å². The summed E-state index contributed by atoms with van der Waals surface area (Å²) in [6.45, 7) is 4.55. The van der Waals surface area contributed by atoms with Gasteiger partial charge in [0.2, 0.25) is 35.4 Å². The van der Waals surface area contributed by atoms with Crippen LogP contribution in [0, 0.1) is 0 Å². The maximum absolute atomic E-state index is 13.5. The molecule has 0 saturated carbocycles. The summed E-state index contributed by atoms with van der Waals surface area (Å²) in [5.74, 6) is -6.04. The van der Waals surface area contributed by atoms with E-state index in [0.29, 0.717) is 24.8 Å². The number of hydrogen-bond donors (Lipinski definition) is 12. The lowest BCUT2D eigenvalue weighted by molar-refractivity contribution is -0.143. The van der Waals surface area contributed by atoms with Crippen LogP contribution in [-0.2, 0) is 40.0 Å². The first kappa shape index (κ1) is 48.1. The molecule has 58 heavy (non-hydrogen) atoms. The second-order valence-electron chi connectivity index (χ2n) is 14.0. The number of carbonyl (C=O) groups is 7. The Labute approximate surface area is 336 Å². The Hall–Kier alpha value is -6.03. The lowest BCUT2D eigenvalue weighted by Gasteiger charge is -2.29. The highest BCUT2D eigenvalue weighted by Crippen LogP contribution is 2.20. The molecule has 8 unspecified atom stereocenters. The third-order valence-corrected chi connectivity index (χ3v) is 9.17. The van der Waals surface area contributed by atoms with Crippen molar-refractivity contribution in [3.8, 4) is 0 Å². The lowest BCUT2D eigenvalue weighted by Crippen LogP contribution is -2.60. The first-order valence-electron chi connectivity index (χ1n) is 19.0. The van der Waals surface area contributed by atoms with E-state index in [2.05, 4.69) is 36.6 Å². The van der Waals surface area contributed by atoms with Gasteiger partial charge in [-0.25, -0.2) is 4.79 Å². The van der Waals surface area contributed by atoms with Gasteiger partial charge in [0.1, 0.15) is 36.3 Å². The summed E-state index contributed by atoms with van der Waals surface area (Å²) in [4.78, 5) is 100. The number of nitrogens with zero attached hydrogens (tertiary/aromatic N) is 3. The Kier molecular flexibility index (Phi) is 19.8. The summed E-state index contributed by atoms with van der Waals surface area (Å²) in [7, 11) is 0. The van der Waals surface area contributed by atoms with Gasteiger partial charge in [-0.05, 0) is 64.9 Å². The fourth-order valence-electron chi connectivity index (χ4n) is 5.98. The zero-order valence-electron chi connectivity index (χ0n) is 33.1. The first-order chi connectivity index (χ1) is 27.3. The number of carbonyl (C=O) groups excluding carboxylic acids is 6. The molecule has 1 aliphatic heterocycles. The molecule has 17 N–H and O–H groups in total. The topological polar surface area (TPSA) is 378 Å². The van der Waals surface area contributed by atoms with Crippen LogP contribution in [0.25, 0.3) is 0 Å². The van der Waals surface area contributed by atoms with Crippen LogP contribution in [0.3, 0.4) is 0 Å². The van der Waals surface area contributed by atoms with Crippen LogP contribution in [0.2, 0.25) is 0 Å². The minimum atomic E-state index is -1.58. The Bertz CT molecular complexity index is 1640. The summed E-state index contributed by atoms with van der Waals surface area (Å²) in [5, 5.41) is 32.2. The van der Waals surface area contributed by atoms with Crippen molar-refractivity contribution in [2.75, 3.05) is 19.6 Å². The summed E-state index contributed by atoms with van der Waals surface area (Å²) in [6, 6.07) is 0.0411. The van der Waals surface area contributed by atoms with E-state index in [1.807, 2.05) is 0 Å². The molecule has 1 aliphatic rings. The maximum atomic E-state index is 13.5. The molecule has 0 aliphatic carbocycles. The number of carboxylic acids is 1. The minimum absolute atomic E-state index is 0.0450. The first-order valence-corrected chi connectivity index (χ1v) is 19.0. The van der Waals surface area contributed by atoms with Crippen molar-refractivity contribution < 1.29 is 43.8 Å². The molecule has 1 heterocycles. The highest BCUT2D eigenvalue weighted by atomic mass is 16.4. The molecule has 1 aromatic carbocycles. The third-order valence-electron chi connectivity index (χ3n) is 9.17. The van der Waals surface area contributed by atoms with Gasteiger partial charge in [-0.1, -0.05) is 30.3 Å². The van der Waals surface area contributed by atoms with Gasteiger partial charge in [-0.2, -0.15) is 0 Å². The molecule has 0 bridgehead atoms. The Balaban J connectivity index is 2.06. The molecule has 0 spiro atoms. The molecule has 0 aromatic heterocycles. The van der Waals surface area contributed by atoms with E-state index in [1.165, 1.54) is 25.7 Å². The predicted octanol–water partition coefficient (Wildman–Crippen LogP) is -4.42. The van der Waals surface area contributed by atoms with E-state index < -0.39 is 89.8 Å². The SMILES string of the molecule is CC(NC(=O)C(C)NC(=O)C(CCCN=C(N)N)NC(=O)C1CCCN1C(=O)C(N)CCCN=C(N)N)C(=O)NC(C(=O)NC(Cc1ccccc1)C(=O)O)C(C)O. The molecular formula is C36H59N13O9. The van der Waals surface area contributed by atoms with Crippen LogP contribution in [0.15, 0.2) is 40.3 Å². The van der Waals surface area contributed by atoms with Gasteiger partial charge in [0.25, 0.3) is 0 Å². The Morgan fingerprint density at radius 3 is 1.86 bits per heavy atom. The molecule has 0 radical (unpaired) electrons. The van der Waals surface area contributed by atoms with Gasteiger partial charge in [0.15, 0.2) is 11.9 Å². The highest BCUT2D eigenvalue weighted by Gasteiger charge is 2.38. The Morgan fingerprint density at radius 2 is 1.31 bits per heavy atom. The second-order valence-corrected chi connectivity index (χ2v) is 14.0. The number of aliphatic hydroxyl groups is 1. The standard InChI is InChI=1S/C36H59N13O9/c1-19(28(51)44-20(2)29(52)48-27(21(3)50)32(55)47-25(34(57)58)18-22-10-5-4-6-11-22)45-30(53)24(13-8-16-43-36(40)41)46-31(54)26-14-9-17-49(26)33(56)23(37)12-7-15-42-35(38)39/h4-6,10-11,19-21,23-27,50H,7-9,12-18,37H2,1-3H3,(H,44,51)(H,45,53)(H,46,54)(H,47,55)(H,48,52)(H,57,58)(H4,38,39,42)(H4,40,41,43). The van der Waals surface area contributed by atoms with Crippen LogP contribution in [0.5, 0.6) is 0 Å². The largest absolute Gasteiger partial charge is 0.480 e. The van der Waals surface area contributed by atoms with Crippen LogP contribution in [0.4, 0.5) is 0 Å². The minimum Gasteiger partial charge on any atom is -0.480 e. The van der Waals surface area contributed by atoms with Gasteiger partial charge in [-0.15, -0.1) is 0 Å². The van der Waals surface area contributed by atoms with E-state index in [-0.39, 0.29) is 57.2 Å². The van der Waals surface area contributed by atoms with E-state index in [0.717, 1.165) is 0 Å². The molecule has 22 heteroatoms. The van der Waals surface area contributed by atoms with Crippen LogP contribution in [-0.4, -0.2) is 136 Å². The maximum Gasteiger partial charge on any atom is 0.326 e. The molecule has 1 saturated heterocycles. The van der Waals surface area contributed by atoms with E-state index in [4.69, 9.17) is 28.7 Å². The number of aliphatic carboxylic acids is 1. The lowest BCUT2D eigenvalue weighted by atomic mass is 10.0. The van der Waals surface area contributed by atoms with Crippen molar-refractivity contribution in [2.45, 2.75) is 114 Å². The van der Waals surface area contributed by atoms with E-state index in [1.54, 1.807) is 30.3 Å². The summed E-state index contributed by atoms with van der Waals surface area (Å²) >= 11 is 0. The van der Waals surface area contributed by atoms with Gasteiger partial charge >= 0.3 is 5.97 Å². The average Bonchev–Trinajstić information content (AvgIpc) is 3.66.